The fourth-order valence-corrected chi connectivity index (χ4v) is 4.12. The molecule has 3 aromatic rings. The number of nitrogens with one attached hydrogen (secondary N) is 1. The first-order valence-electron chi connectivity index (χ1n) is 9.26. The van der Waals surface area contributed by atoms with E-state index >= 15 is 0 Å². The highest BCUT2D eigenvalue weighted by Gasteiger charge is 2.41. The Morgan fingerprint density at radius 3 is 2.20 bits per heavy atom. The lowest BCUT2D eigenvalue weighted by Gasteiger charge is -2.17. The van der Waals surface area contributed by atoms with Gasteiger partial charge in [0.25, 0.3) is 11.8 Å². The van der Waals surface area contributed by atoms with Crippen molar-refractivity contribution >= 4 is 40.1 Å². The molecule has 6 nitrogen and oxygen atoms in total. The SMILES string of the molecule is COc1cc(NC2=C(c3cccs3)C(=O)N(c3ccccc3C)C2=O)cc(OC)c1. The van der Waals surface area contributed by atoms with Gasteiger partial charge in [-0.15, -0.1) is 11.3 Å². The molecule has 0 unspecified atom stereocenters. The fourth-order valence-electron chi connectivity index (χ4n) is 3.35. The van der Waals surface area contributed by atoms with E-state index in [4.69, 9.17) is 9.47 Å². The number of ether oxygens (including phenoxy) is 2. The highest BCUT2D eigenvalue weighted by Crippen LogP contribution is 2.37. The van der Waals surface area contributed by atoms with Gasteiger partial charge in [-0.1, -0.05) is 24.3 Å². The molecule has 0 atom stereocenters. The van der Waals surface area contributed by atoms with Crippen LogP contribution in [0, 0.1) is 6.92 Å². The number of carbonyl (C=O) groups is 2. The predicted molar refractivity (Wildman–Crippen MR) is 118 cm³/mol. The molecule has 0 aliphatic carbocycles. The standard InChI is InChI=1S/C23H20N2O4S/c1-14-7-4-5-8-18(14)25-22(26)20(19-9-6-10-30-19)21(23(25)27)24-15-11-16(28-2)13-17(12-15)29-3/h4-13,24H,1-3H3. The summed E-state index contributed by atoms with van der Waals surface area (Å²) in [4.78, 5) is 28.7. The molecule has 152 valence electrons. The summed E-state index contributed by atoms with van der Waals surface area (Å²) in [6.45, 7) is 1.87. The van der Waals surface area contributed by atoms with Gasteiger partial charge in [-0.2, -0.15) is 0 Å². The molecule has 0 fully saturated rings. The quantitative estimate of drug-likeness (QED) is 0.596. The molecule has 4 rings (SSSR count). The molecule has 0 radical (unpaired) electrons. The number of hydrogen-bond donors (Lipinski definition) is 1. The van der Waals surface area contributed by atoms with Crippen LogP contribution in [-0.4, -0.2) is 26.0 Å². The van der Waals surface area contributed by atoms with E-state index in [1.54, 1.807) is 38.5 Å². The van der Waals surface area contributed by atoms with Crippen LogP contribution in [0.3, 0.4) is 0 Å². The van der Waals surface area contributed by atoms with Crippen molar-refractivity contribution < 1.29 is 19.1 Å². The van der Waals surface area contributed by atoms with E-state index in [-0.39, 0.29) is 11.6 Å². The molecule has 7 heteroatoms. The van der Waals surface area contributed by atoms with E-state index in [0.717, 1.165) is 10.4 Å². The maximum absolute atomic E-state index is 13.4. The lowest BCUT2D eigenvalue weighted by molar-refractivity contribution is -0.120. The van der Waals surface area contributed by atoms with Crippen molar-refractivity contribution in [2.24, 2.45) is 0 Å². The molecule has 2 aromatic carbocycles. The van der Waals surface area contributed by atoms with E-state index in [1.165, 1.54) is 16.2 Å². The third-order valence-corrected chi connectivity index (χ3v) is 5.72. The monoisotopic (exact) mass is 420 g/mol. The number of nitrogens with zero attached hydrogens (tertiary/aromatic N) is 1. The van der Waals surface area contributed by atoms with Gasteiger partial charge in [-0.25, -0.2) is 4.90 Å². The number of imide groups is 1. The van der Waals surface area contributed by atoms with Gasteiger partial charge < -0.3 is 14.8 Å². The summed E-state index contributed by atoms with van der Waals surface area (Å²) in [7, 11) is 3.11. The first kappa shape index (κ1) is 19.7. The molecule has 0 spiro atoms. The van der Waals surface area contributed by atoms with Gasteiger partial charge in [0.1, 0.15) is 17.2 Å². The first-order chi connectivity index (χ1) is 14.5. The number of anilines is 2. The molecule has 2 amide bonds. The predicted octanol–water partition coefficient (Wildman–Crippen LogP) is 4.47. The second kappa shape index (κ2) is 8.04. The van der Waals surface area contributed by atoms with Crippen molar-refractivity contribution in [3.63, 3.8) is 0 Å². The minimum Gasteiger partial charge on any atom is -0.497 e. The summed E-state index contributed by atoms with van der Waals surface area (Å²) in [5, 5.41) is 5.02. The van der Waals surface area contributed by atoms with Crippen molar-refractivity contribution in [3.8, 4) is 11.5 Å². The molecule has 30 heavy (non-hydrogen) atoms. The van der Waals surface area contributed by atoms with E-state index in [0.29, 0.717) is 28.4 Å². The number of thiophene rings is 1. The lowest BCUT2D eigenvalue weighted by Crippen LogP contribution is -2.32. The van der Waals surface area contributed by atoms with Gasteiger partial charge in [0.05, 0.1) is 25.5 Å². The van der Waals surface area contributed by atoms with Crippen molar-refractivity contribution in [1.29, 1.82) is 0 Å². The van der Waals surface area contributed by atoms with Crippen molar-refractivity contribution in [2.75, 3.05) is 24.4 Å². The number of rotatable bonds is 6. The van der Waals surface area contributed by atoms with Crippen LogP contribution in [0.15, 0.2) is 65.7 Å². The molecule has 2 heterocycles. The zero-order chi connectivity index (χ0) is 21.3. The Labute approximate surface area is 178 Å². The van der Waals surface area contributed by atoms with E-state index in [1.807, 2.05) is 42.6 Å². The van der Waals surface area contributed by atoms with Gasteiger partial charge in [0, 0.05) is 28.8 Å². The summed E-state index contributed by atoms with van der Waals surface area (Å²) >= 11 is 1.41. The highest BCUT2D eigenvalue weighted by molar-refractivity contribution is 7.11. The Morgan fingerprint density at radius 1 is 0.900 bits per heavy atom. The minimum absolute atomic E-state index is 0.223. The average molecular weight is 420 g/mol. The van der Waals surface area contributed by atoms with Crippen LogP contribution in [0.1, 0.15) is 10.4 Å². The molecule has 0 bridgehead atoms. The van der Waals surface area contributed by atoms with Crippen LogP contribution < -0.4 is 19.7 Å². The fraction of sp³-hybridized carbons (Fsp3) is 0.130. The molecule has 1 N–H and O–H groups in total. The molecule has 1 aliphatic heterocycles. The minimum atomic E-state index is -0.403. The third kappa shape index (κ3) is 3.44. The maximum Gasteiger partial charge on any atom is 0.282 e. The van der Waals surface area contributed by atoms with Crippen molar-refractivity contribution in [1.82, 2.24) is 0 Å². The number of benzene rings is 2. The molecular weight excluding hydrogens is 400 g/mol. The normalized spacial score (nSPS) is 13.8. The van der Waals surface area contributed by atoms with Crippen LogP contribution in [-0.2, 0) is 9.59 Å². The third-order valence-electron chi connectivity index (χ3n) is 4.83. The molecule has 1 aromatic heterocycles. The topological polar surface area (TPSA) is 67.9 Å². The number of amides is 2. The van der Waals surface area contributed by atoms with Crippen LogP contribution in [0.2, 0.25) is 0 Å². The summed E-state index contributed by atoms with van der Waals surface area (Å²) < 4.78 is 10.6. The Bertz CT molecular complexity index is 1130. The van der Waals surface area contributed by atoms with Crippen LogP contribution >= 0.6 is 11.3 Å². The summed E-state index contributed by atoms with van der Waals surface area (Å²) in [6.07, 6.45) is 0. The summed E-state index contributed by atoms with van der Waals surface area (Å²) in [5.41, 5.74) is 2.57. The van der Waals surface area contributed by atoms with Crippen LogP contribution in [0.25, 0.3) is 5.57 Å². The smallest absolute Gasteiger partial charge is 0.282 e. The highest BCUT2D eigenvalue weighted by atomic mass is 32.1. The maximum atomic E-state index is 13.4. The molecular formula is C23H20N2O4S. The zero-order valence-corrected chi connectivity index (χ0v) is 17.6. The van der Waals surface area contributed by atoms with Crippen molar-refractivity contribution in [3.05, 3.63) is 76.1 Å². The first-order valence-corrected chi connectivity index (χ1v) is 10.1. The number of aryl methyl sites for hydroxylation is 1. The Morgan fingerprint density at radius 2 is 1.60 bits per heavy atom. The number of hydrogen-bond acceptors (Lipinski definition) is 6. The largest absolute Gasteiger partial charge is 0.497 e. The molecule has 0 saturated carbocycles. The Balaban J connectivity index is 1.82. The van der Waals surface area contributed by atoms with Gasteiger partial charge in [-0.05, 0) is 30.0 Å². The van der Waals surface area contributed by atoms with Crippen LogP contribution in [0.4, 0.5) is 11.4 Å². The number of para-hydroxylation sites is 1. The van der Waals surface area contributed by atoms with Gasteiger partial charge >= 0.3 is 0 Å². The van der Waals surface area contributed by atoms with Gasteiger partial charge in [-0.3, -0.25) is 9.59 Å². The summed E-state index contributed by atoms with van der Waals surface area (Å²) in [6, 6.07) is 16.2. The van der Waals surface area contributed by atoms with E-state index in [9.17, 15) is 9.59 Å². The zero-order valence-electron chi connectivity index (χ0n) is 16.8. The number of carbonyl (C=O) groups excluding carboxylic acids is 2. The molecule has 1 aliphatic rings. The molecule has 0 saturated heterocycles. The Kier molecular flexibility index (Phi) is 5.29. The van der Waals surface area contributed by atoms with Crippen LogP contribution in [0.5, 0.6) is 11.5 Å². The van der Waals surface area contributed by atoms with Gasteiger partial charge in [0.15, 0.2) is 0 Å². The second-order valence-corrected chi connectivity index (χ2v) is 7.63. The van der Waals surface area contributed by atoms with E-state index < -0.39 is 5.91 Å². The van der Waals surface area contributed by atoms with Crippen molar-refractivity contribution in [2.45, 2.75) is 6.92 Å². The van der Waals surface area contributed by atoms with Gasteiger partial charge in [0.2, 0.25) is 0 Å². The van der Waals surface area contributed by atoms with E-state index in [2.05, 4.69) is 5.32 Å². The number of methoxy groups -OCH3 is 2. The average Bonchev–Trinajstić information content (AvgIpc) is 3.35. The lowest BCUT2D eigenvalue weighted by atomic mass is 10.1. The summed E-state index contributed by atoms with van der Waals surface area (Å²) in [5.74, 6) is 0.388. The second-order valence-electron chi connectivity index (χ2n) is 6.69. The Hall–Kier alpha value is -3.58.